The number of hydrogen-bond acceptors (Lipinski definition) is 4. The van der Waals surface area contributed by atoms with Gasteiger partial charge >= 0.3 is 0 Å². The minimum absolute atomic E-state index is 0.115. The highest BCUT2D eigenvalue weighted by Gasteiger charge is 2.19. The number of methoxy groups -OCH3 is 1. The molecule has 0 bridgehead atoms. The fraction of sp³-hybridized carbons (Fsp3) is 0.312. The molecule has 0 spiro atoms. The molecule has 2 unspecified atom stereocenters. The van der Waals surface area contributed by atoms with Crippen LogP contribution in [0.25, 0.3) is 0 Å². The van der Waals surface area contributed by atoms with Gasteiger partial charge in [-0.1, -0.05) is 6.92 Å². The molecule has 0 amide bonds. The number of hydrogen-bond donors (Lipinski definition) is 1. The minimum atomic E-state index is 0.115. The molecule has 20 heavy (non-hydrogen) atoms. The summed E-state index contributed by atoms with van der Waals surface area (Å²) in [6, 6.07) is 12.3. The summed E-state index contributed by atoms with van der Waals surface area (Å²) in [6.45, 7) is 2.12. The Labute approximate surface area is 124 Å². The topological polar surface area (TPSA) is 48.1 Å². The van der Waals surface area contributed by atoms with Gasteiger partial charge in [-0.2, -0.15) is 0 Å². The normalized spacial score (nSPS) is 13.8. The first-order valence-corrected chi connectivity index (χ1v) is 7.58. The molecule has 0 saturated carbocycles. The first kappa shape index (κ1) is 14.9. The van der Waals surface area contributed by atoms with E-state index in [4.69, 9.17) is 10.5 Å². The summed E-state index contributed by atoms with van der Waals surface area (Å²) >= 11 is 1.79. The molecule has 2 atom stereocenters. The van der Waals surface area contributed by atoms with Crippen LogP contribution in [0.3, 0.4) is 0 Å². The Hall–Kier alpha value is -1.52. The summed E-state index contributed by atoms with van der Waals surface area (Å²) in [5.74, 6) is 0.870. The molecule has 2 rings (SSSR count). The number of thioether (sulfide) groups is 1. The molecule has 1 heterocycles. The lowest BCUT2D eigenvalue weighted by Gasteiger charge is -2.23. The van der Waals surface area contributed by atoms with Gasteiger partial charge in [0.1, 0.15) is 5.75 Å². The summed E-state index contributed by atoms with van der Waals surface area (Å²) < 4.78 is 5.19. The predicted molar refractivity (Wildman–Crippen MR) is 84.1 cm³/mol. The zero-order valence-electron chi connectivity index (χ0n) is 11.8. The zero-order valence-corrected chi connectivity index (χ0v) is 12.6. The van der Waals surface area contributed by atoms with Crippen molar-refractivity contribution >= 4 is 11.8 Å². The van der Waals surface area contributed by atoms with Crippen LogP contribution < -0.4 is 10.5 Å². The molecule has 1 aromatic carbocycles. The van der Waals surface area contributed by atoms with Crippen molar-refractivity contribution in [2.75, 3.05) is 7.11 Å². The standard InChI is InChI=1S/C16H20N2OS/c1-3-15(17)16(12-8-10-18-11-9-12)20-14-6-4-13(19-2)5-7-14/h4-11,15-16H,3,17H2,1-2H3. The Kier molecular flexibility index (Phi) is 5.44. The second kappa shape index (κ2) is 7.31. The number of rotatable bonds is 6. The second-order valence-electron chi connectivity index (χ2n) is 4.57. The molecule has 1 aromatic heterocycles. The Bertz CT molecular complexity index is 516. The van der Waals surface area contributed by atoms with Crippen molar-refractivity contribution in [1.29, 1.82) is 0 Å². The number of ether oxygens (including phenoxy) is 1. The molecule has 0 fully saturated rings. The van der Waals surface area contributed by atoms with Gasteiger partial charge in [-0.25, -0.2) is 0 Å². The molecule has 2 aromatic rings. The number of aromatic nitrogens is 1. The molecule has 106 valence electrons. The van der Waals surface area contributed by atoms with Gasteiger partial charge in [0.15, 0.2) is 0 Å². The van der Waals surface area contributed by atoms with E-state index in [0.717, 1.165) is 12.2 Å². The van der Waals surface area contributed by atoms with Crippen molar-refractivity contribution in [2.24, 2.45) is 5.73 Å². The van der Waals surface area contributed by atoms with Gasteiger partial charge in [-0.05, 0) is 48.4 Å². The van der Waals surface area contributed by atoms with E-state index in [1.165, 1.54) is 10.5 Å². The van der Waals surface area contributed by atoms with E-state index in [2.05, 4.69) is 24.0 Å². The van der Waals surface area contributed by atoms with Crippen molar-refractivity contribution in [2.45, 2.75) is 29.5 Å². The minimum Gasteiger partial charge on any atom is -0.497 e. The van der Waals surface area contributed by atoms with Crippen LogP contribution in [-0.2, 0) is 0 Å². The first-order valence-electron chi connectivity index (χ1n) is 6.70. The van der Waals surface area contributed by atoms with Crippen molar-refractivity contribution < 1.29 is 4.74 Å². The Morgan fingerprint density at radius 2 is 1.80 bits per heavy atom. The van der Waals surface area contributed by atoms with E-state index in [1.807, 2.05) is 36.7 Å². The summed E-state index contributed by atoms with van der Waals surface area (Å²) in [6.07, 6.45) is 4.58. The van der Waals surface area contributed by atoms with E-state index >= 15 is 0 Å². The molecule has 0 aliphatic heterocycles. The van der Waals surface area contributed by atoms with Gasteiger partial charge in [-0.3, -0.25) is 4.98 Å². The van der Waals surface area contributed by atoms with Crippen LogP contribution in [0.2, 0.25) is 0 Å². The summed E-state index contributed by atoms with van der Waals surface area (Å²) in [5, 5.41) is 0.233. The van der Waals surface area contributed by atoms with Gasteiger partial charge < -0.3 is 10.5 Å². The molecular weight excluding hydrogens is 268 g/mol. The number of pyridine rings is 1. The molecule has 0 saturated heterocycles. The SMILES string of the molecule is CCC(N)C(Sc1ccc(OC)cc1)c1ccncc1. The van der Waals surface area contributed by atoms with Crippen molar-refractivity contribution in [3.63, 3.8) is 0 Å². The number of nitrogens with two attached hydrogens (primary N) is 1. The number of benzene rings is 1. The summed E-state index contributed by atoms with van der Waals surface area (Å²) in [4.78, 5) is 5.27. The quantitative estimate of drug-likeness (QED) is 0.824. The molecule has 0 aliphatic rings. The van der Waals surface area contributed by atoms with Crippen LogP contribution in [0.15, 0.2) is 53.7 Å². The Morgan fingerprint density at radius 3 is 2.35 bits per heavy atom. The maximum atomic E-state index is 6.29. The van der Waals surface area contributed by atoms with Crippen LogP contribution >= 0.6 is 11.8 Å². The fourth-order valence-electron chi connectivity index (χ4n) is 1.97. The van der Waals surface area contributed by atoms with Gasteiger partial charge in [0.2, 0.25) is 0 Å². The highest BCUT2D eigenvalue weighted by atomic mass is 32.2. The molecule has 0 aliphatic carbocycles. The van der Waals surface area contributed by atoms with Crippen molar-refractivity contribution in [3.05, 3.63) is 54.4 Å². The Morgan fingerprint density at radius 1 is 1.15 bits per heavy atom. The van der Waals surface area contributed by atoms with Crippen LogP contribution in [-0.4, -0.2) is 18.1 Å². The lowest BCUT2D eigenvalue weighted by Crippen LogP contribution is -2.25. The van der Waals surface area contributed by atoms with Crippen LogP contribution in [0.4, 0.5) is 0 Å². The van der Waals surface area contributed by atoms with E-state index in [1.54, 1.807) is 18.9 Å². The fourth-order valence-corrected chi connectivity index (χ4v) is 3.22. The largest absolute Gasteiger partial charge is 0.497 e. The van der Waals surface area contributed by atoms with E-state index < -0.39 is 0 Å². The van der Waals surface area contributed by atoms with Crippen molar-refractivity contribution in [1.82, 2.24) is 4.98 Å². The first-order chi connectivity index (χ1) is 9.74. The molecule has 0 radical (unpaired) electrons. The van der Waals surface area contributed by atoms with Gasteiger partial charge in [0.25, 0.3) is 0 Å². The zero-order chi connectivity index (χ0) is 14.4. The smallest absolute Gasteiger partial charge is 0.118 e. The van der Waals surface area contributed by atoms with Crippen LogP contribution in [0.5, 0.6) is 5.75 Å². The summed E-state index contributed by atoms with van der Waals surface area (Å²) in [5.41, 5.74) is 7.50. The third-order valence-electron chi connectivity index (χ3n) is 3.22. The average Bonchev–Trinajstić information content (AvgIpc) is 2.53. The van der Waals surface area contributed by atoms with Crippen LogP contribution in [0, 0.1) is 0 Å². The maximum absolute atomic E-state index is 6.29. The lowest BCUT2D eigenvalue weighted by molar-refractivity contribution is 0.414. The van der Waals surface area contributed by atoms with E-state index in [0.29, 0.717) is 0 Å². The number of nitrogens with zero attached hydrogens (tertiary/aromatic N) is 1. The highest BCUT2D eigenvalue weighted by Crippen LogP contribution is 2.38. The second-order valence-corrected chi connectivity index (χ2v) is 5.78. The van der Waals surface area contributed by atoms with Crippen molar-refractivity contribution in [3.8, 4) is 5.75 Å². The summed E-state index contributed by atoms with van der Waals surface area (Å²) in [7, 11) is 1.68. The monoisotopic (exact) mass is 288 g/mol. The predicted octanol–water partition coefficient (Wildman–Crippen LogP) is 3.66. The third kappa shape index (κ3) is 3.74. The van der Waals surface area contributed by atoms with Gasteiger partial charge in [0, 0.05) is 28.6 Å². The lowest BCUT2D eigenvalue weighted by atomic mass is 10.1. The molecule has 3 nitrogen and oxygen atoms in total. The van der Waals surface area contributed by atoms with E-state index in [9.17, 15) is 0 Å². The molecule has 4 heteroatoms. The molecular formula is C16H20N2OS. The molecule has 2 N–H and O–H groups in total. The maximum Gasteiger partial charge on any atom is 0.118 e. The average molecular weight is 288 g/mol. The Balaban J connectivity index is 2.19. The highest BCUT2D eigenvalue weighted by molar-refractivity contribution is 7.99. The van der Waals surface area contributed by atoms with Crippen LogP contribution in [0.1, 0.15) is 24.2 Å². The van der Waals surface area contributed by atoms with Gasteiger partial charge in [-0.15, -0.1) is 11.8 Å². The van der Waals surface area contributed by atoms with Gasteiger partial charge in [0.05, 0.1) is 7.11 Å². The van der Waals surface area contributed by atoms with E-state index in [-0.39, 0.29) is 11.3 Å². The third-order valence-corrected chi connectivity index (χ3v) is 4.64.